The van der Waals surface area contributed by atoms with Gasteiger partial charge in [-0.05, 0) is 50.1 Å². The lowest BCUT2D eigenvalue weighted by Crippen LogP contribution is -2.20. The van der Waals surface area contributed by atoms with Gasteiger partial charge in [-0.2, -0.15) is 0 Å². The van der Waals surface area contributed by atoms with Crippen molar-refractivity contribution in [2.75, 3.05) is 7.05 Å². The number of aromatic nitrogens is 1. The predicted molar refractivity (Wildman–Crippen MR) is 80.3 cm³/mol. The van der Waals surface area contributed by atoms with E-state index in [4.69, 9.17) is 0 Å². The lowest BCUT2D eigenvalue weighted by Gasteiger charge is -2.16. The van der Waals surface area contributed by atoms with E-state index in [-0.39, 0.29) is 6.04 Å². The van der Waals surface area contributed by atoms with Gasteiger partial charge >= 0.3 is 0 Å². The first-order chi connectivity index (χ1) is 9.22. The molecule has 0 radical (unpaired) electrons. The molecule has 2 aromatic rings. The fourth-order valence-corrected chi connectivity index (χ4v) is 2.26. The number of nitrogens with zero attached hydrogens (tertiary/aromatic N) is 1. The van der Waals surface area contributed by atoms with Crippen molar-refractivity contribution in [3.05, 3.63) is 65.0 Å². The smallest absolute Gasteiger partial charge is 0.0579 e. The van der Waals surface area contributed by atoms with E-state index in [1.165, 1.54) is 11.1 Å². The van der Waals surface area contributed by atoms with E-state index in [9.17, 15) is 0 Å². The van der Waals surface area contributed by atoms with Gasteiger partial charge in [0.05, 0.1) is 11.7 Å². The number of pyridine rings is 1. The number of benzene rings is 1. The molecular weight excluding hydrogens is 232 g/mol. The highest BCUT2D eigenvalue weighted by atomic mass is 14.9. The number of hydrogen-bond acceptors (Lipinski definition) is 2. The largest absolute Gasteiger partial charge is 0.311 e. The van der Waals surface area contributed by atoms with Crippen molar-refractivity contribution in [1.29, 1.82) is 0 Å². The first kappa shape index (κ1) is 13.8. The molecule has 0 aliphatic carbocycles. The molecule has 1 atom stereocenters. The summed E-state index contributed by atoms with van der Waals surface area (Å²) in [5.74, 6) is 0. The van der Waals surface area contributed by atoms with Crippen molar-refractivity contribution < 1.29 is 0 Å². The van der Waals surface area contributed by atoms with Gasteiger partial charge in [-0.15, -0.1) is 0 Å². The second-order valence-electron chi connectivity index (χ2n) is 4.92. The van der Waals surface area contributed by atoms with Gasteiger partial charge in [0.2, 0.25) is 0 Å². The molecule has 100 valence electrons. The SMILES string of the molecule is CCc1ccc(CC(NC)c2cccc(C)n2)cc1. The third kappa shape index (κ3) is 3.65. The zero-order valence-corrected chi connectivity index (χ0v) is 12.0. The third-order valence-electron chi connectivity index (χ3n) is 3.49. The Hall–Kier alpha value is -1.67. The molecule has 0 fully saturated rings. The van der Waals surface area contributed by atoms with Crippen molar-refractivity contribution in [1.82, 2.24) is 10.3 Å². The van der Waals surface area contributed by atoms with Crippen LogP contribution in [0.25, 0.3) is 0 Å². The second-order valence-corrected chi connectivity index (χ2v) is 4.92. The van der Waals surface area contributed by atoms with Gasteiger partial charge in [0.1, 0.15) is 0 Å². The van der Waals surface area contributed by atoms with Crippen LogP contribution in [0.4, 0.5) is 0 Å². The molecule has 2 heteroatoms. The first-order valence-corrected chi connectivity index (χ1v) is 6.91. The van der Waals surface area contributed by atoms with Crippen LogP contribution in [0.1, 0.15) is 35.5 Å². The van der Waals surface area contributed by atoms with E-state index in [0.29, 0.717) is 0 Å². The van der Waals surface area contributed by atoms with E-state index in [2.05, 4.69) is 53.6 Å². The van der Waals surface area contributed by atoms with Crippen molar-refractivity contribution in [2.24, 2.45) is 0 Å². The molecule has 1 aromatic carbocycles. The van der Waals surface area contributed by atoms with E-state index in [0.717, 1.165) is 24.2 Å². The van der Waals surface area contributed by atoms with E-state index in [1.54, 1.807) is 0 Å². The van der Waals surface area contributed by atoms with Crippen molar-refractivity contribution in [2.45, 2.75) is 32.7 Å². The summed E-state index contributed by atoms with van der Waals surface area (Å²) in [4.78, 5) is 4.61. The molecule has 0 amide bonds. The highest BCUT2D eigenvalue weighted by molar-refractivity contribution is 5.25. The third-order valence-corrected chi connectivity index (χ3v) is 3.49. The van der Waals surface area contributed by atoms with Crippen molar-refractivity contribution in [3.8, 4) is 0 Å². The first-order valence-electron chi connectivity index (χ1n) is 6.91. The Kier molecular flexibility index (Phi) is 4.69. The number of rotatable bonds is 5. The minimum Gasteiger partial charge on any atom is -0.311 e. The number of aryl methyl sites for hydroxylation is 2. The number of nitrogens with one attached hydrogen (secondary N) is 1. The van der Waals surface area contributed by atoms with Crippen LogP contribution < -0.4 is 5.32 Å². The summed E-state index contributed by atoms with van der Waals surface area (Å²) < 4.78 is 0. The fraction of sp³-hybridized carbons (Fsp3) is 0.353. The van der Waals surface area contributed by atoms with Crippen LogP contribution in [0.15, 0.2) is 42.5 Å². The lowest BCUT2D eigenvalue weighted by atomic mass is 10.0. The summed E-state index contributed by atoms with van der Waals surface area (Å²) in [5, 5.41) is 3.36. The molecule has 2 rings (SSSR count). The standard InChI is InChI=1S/C17H22N2/c1-4-14-8-10-15(11-9-14)12-17(18-3)16-7-5-6-13(2)19-16/h5-11,17-18H,4,12H2,1-3H3. The molecule has 1 aromatic heterocycles. The normalized spacial score (nSPS) is 12.4. The fourth-order valence-electron chi connectivity index (χ4n) is 2.26. The molecule has 1 heterocycles. The average molecular weight is 254 g/mol. The number of likely N-dealkylation sites (N-methyl/N-ethyl adjacent to an activating group) is 1. The summed E-state index contributed by atoms with van der Waals surface area (Å²) in [6.07, 6.45) is 2.06. The van der Waals surface area contributed by atoms with E-state index in [1.807, 2.05) is 20.0 Å². The zero-order chi connectivity index (χ0) is 13.7. The summed E-state index contributed by atoms with van der Waals surface area (Å²) in [6.45, 7) is 4.22. The Morgan fingerprint density at radius 3 is 2.32 bits per heavy atom. The molecule has 0 bridgehead atoms. The van der Waals surface area contributed by atoms with Gasteiger partial charge in [0, 0.05) is 5.69 Å². The van der Waals surface area contributed by atoms with Crippen LogP contribution in [0.5, 0.6) is 0 Å². The maximum absolute atomic E-state index is 4.61. The molecule has 0 saturated carbocycles. The second kappa shape index (κ2) is 6.48. The summed E-state index contributed by atoms with van der Waals surface area (Å²) >= 11 is 0. The van der Waals surface area contributed by atoms with Crippen molar-refractivity contribution in [3.63, 3.8) is 0 Å². The predicted octanol–water partition coefficient (Wildman–Crippen LogP) is 3.46. The average Bonchev–Trinajstić information content (AvgIpc) is 2.45. The Labute approximate surface area is 115 Å². The van der Waals surface area contributed by atoms with E-state index >= 15 is 0 Å². The van der Waals surface area contributed by atoms with Crippen molar-refractivity contribution >= 4 is 0 Å². The molecule has 2 nitrogen and oxygen atoms in total. The monoisotopic (exact) mass is 254 g/mol. The summed E-state index contributed by atoms with van der Waals surface area (Å²) in [5.41, 5.74) is 4.92. The minimum absolute atomic E-state index is 0.271. The van der Waals surface area contributed by atoms with Crippen LogP contribution >= 0.6 is 0 Å². The van der Waals surface area contributed by atoms with Gasteiger partial charge in [0.25, 0.3) is 0 Å². The molecule has 0 aliphatic rings. The van der Waals surface area contributed by atoms with Gasteiger partial charge in [0.15, 0.2) is 0 Å². The highest BCUT2D eigenvalue weighted by Gasteiger charge is 2.11. The van der Waals surface area contributed by atoms with Crippen LogP contribution in [0, 0.1) is 6.92 Å². The minimum atomic E-state index is 0.271. The summed E-state index contributed by atoms with van der Waals surface area (Å²) in [7, 11) is 2.00. The Morgan fingerprint density at radius 1 is 1.05 bits per heavy atom. The zero-order valence-electron chi connectivity index (χ0n) is 12.0. The number of hydrogen-bond donors (Lipinski definition) is 1. The van der Waals surface area contributed by atoms with Gasteiger partial charge in [-0.25, -0.2) is 0 Å². The molecular formula is C17H22N2. The van der Waals surface area contributed by atoms with Crippen LogP contribution in [0.3, 0.4) is 0 Å². The van der Waals surface area contributed by atoms with Crippen LogP contribution in [0.2, 0.25) is 0 Å². The molecule has 1 N–H and O–H groups in total. The molecule has 1 unspecified atom stereocenters. The quantitative estimate of drug-likeness (QED) is 0.884. The maximum atomic E-state index is 4.61. The van der Waals surface area contributed by atoms with E-state index < -0.39 is 0 Å². The summed E-state index contributed by atoms with van der Waals surface area (Å²) in [6, 6.07) is 15.3. The Balaban J connectivity index is 2.14. The van der Waals surface area contributed by atoms with Crippen LogP contribution in [-0.4, -0.2) is 12.0 Å². The Morgan fingerprint density at radius 2 is 1.74 bits per heavy atom. The highest BCUT2D eigenvalue weighted by Crippen LogP contribution is 2.17. The molecule has 0 spiro atoms. The van der Waals surface area contributed by atoms with Gasteiger partial charge in [-0.3, -0.25) is 4.98 Å². The Bertz CT molecular complexity index is 517. The molecule has 19 heavy (non-hydrogen) atoms. The maximum Gasteiger partial charge on any atom is 0.0579 e. The van der Waals surface area contributed by atoms with Gasteiger partial charge < -0.3 is 5.32 Å². The van der Waals surface area contributed by atoms with Gasteiger partial charge in [-0.1, -0.05) is 37.3 Å². The topological polar surface area (TPSA) is 24.9 Å². The lowest BCUT2D eigenvalue weighted by molar-refractivity contribution is 0.574. The molecule has 0 aliphatic heterocycles. The van der Waals surface area contributed by atoms with Crippen LogP contribution in [-0.2, 0) is 12.8 Å². The molecule has 0 saturated heterocycles.